The first-order chi connectivity index (χ1) is 12.8. The van der Waals surface area contributed by atoms with Gasteiger partial charge in [0, 0.05) is 0 Å². The molecule has 0 fully saturated rings. The molecule has 2 amide bonds. The number of halogens is 1. The molecule has 1 aromatic carbocycles. The van der Waals surface area contributed by atoms with E-state index in [1.165, 1.54) is 19.2 Å². The number of rotatable bonds is 3. The molecule has 8 nitrogen and oxygen atoms in total. The zero-order valence-corrected chi connectivity index (χ0v) is 17.3. The van der Waals surface area contributed by atoms with E-state index in [2.05, 4.69) is 15.6 Å². The van der Waals surface area contributed by atoms with Crippen LogP contribution in [0.3, 0.4) is 0 Å². The lowest BCUT2D eigenvalue weighted by Gasteiger charge is -2.22. The Morgan fingerprint density at radius 3 is 1.93 bits per heavy atom. The first-order valence-electron chi connectivity index (χ1n) is 8.66. The number of benzene rings is 1. The molecule has 0 saturated carbocycles. The van der Waals surface area contributed by atoms with Gasteiger partial charge in [-0.3, -0.25) is 10.6 Å². The molecule has 0 bridgehead atoms. The van der Waals surface area contributed by atoms with E-state index in [9.17, 15) is 14.0 Å². The molecule has 0 aromatic heterocycles. The summed E-state index contributed by atoms with van der Waals surface area (Å²) >= 11 is 0. The quantitative estimate of drug-likeness (QED) is 0.598. The van der Waals surface area contributed by atoms with E-state index >= 15 is 0 Å². The highest BCUT2D eigenvalue weighted by Crippen LogP contribution is 2.21. The van der Waals surface area contributed by atoms with Crippen LogP contribution in [0.4, 0.5) is 14.0 Å². The lowest BCUT2D eigenvalue weighted by molar-refractivity contribution is 0.0545. The van der Waals surface area contributed by atoms with Gasteiger partial charge in [-0.2, -0.15) is 0 Å². The number of guanidine groups is 1. The number of carbonyl (C=O) groups excluding carboxylic acids is 2. The second-order valence-electron chi connectivity index (χ2n) is 7.84. The van der Waals surface area contributed by atoms with Gasteiger partial charge in [0.1, 0.15) is 22.8 Å². The second kappa shape index (κ2) is 9.38. The zero-order valence-electron chi connectivity index (χ0n) is 17.3. The third-order valence-electron chi connectivity index (χ3n) is 2.93. The van der Waals surface area contributed by atoms with Crippen LogP contribution in [-0.4, -0.2) is 36.5 Å². The number of ether oxygens (including phenoxy) is 3. The summed E-state index contributed by atoms with van der Waals surface area (Å²) in [5.41, 5.74) is -1.34. The molecule has 0 atom stereocenters. The Labute approximate surface area is 164 Å². The molecule has 0 aliphatic carbocycles. The minimum absolute atomic E-state index is 0.166. The number of alkyl carbamates (subject to hydrolysis) is 2. The monoisotopic (exact) mass is 397 g/mol. The summed E-state index contributed by atoms with van der Waals surface area (Å²) in [6.07, 6.45) is -1.66. The summed E-state index contributed by atoms with van der Waals surface area (Å²) in [5.74, 6) is -0.483. The number of amides is 2. The SMILES string of the molecule is COc1cccc(F)c1CN=C(NC(=O)OC(C)(C)C)NC(=O)OC(C)(C)C. The van der Waals surface area contributed by atoms with E-state index in [4.69, 9.17) is 14.2 Å². The van der Waals surface area contributed by atoms with Gasteiger partial charge in [-0.25, -0.2) is 19.0 Å². The molecule has 0 saturated heterocycles. The van der Waals surface area contributed by atoms with E-state index in [1.807, 2.05) is 0 Å². The molecule has 28 heavy (non-hydrogen) atoms. The smallest absolute Gasteiger partial charge is 0.414 e. The van der Waals surface area contributed by atoms with Crippen molar-refractivity contribution in [3.63, 3.8) is 0 Å². The molecule has 1 rings (SSSR count). The van der Waals surface area contributed by atoms with Crippen molar-refractivity contribution in [2.75, 3.05) is 7.11 Å². The minimum atomic E-state index is -0.831. The van der Waals surface area contributed by atoms with E-state index in [1.54, 1.807) is 47.6 Å². The van der Waals surface area contributed by atoms with Crippen LogP contribution in [0.1, 0.15) is 47.1 Å². The number of nitrogens with zero attached hydrogens (tertiary/aromatic N) is 1. The lowest BCUT2D eigenvalue weighted by atomic mass is 10.2. The van der Waals surface area contributed by atoms with Crippen LogP contribution in [0, 0.1) is 5.82 Å². The van der Waals surface area contributed by atoms with Crippen LogP contribution < -0.4 is 15.4 Å². The van der Waals surface area contributed by atoms with Crippen molar-refractivity contribution in [3.05, 3.63) is 29.6 Å². The molecule has 0 unspecified atom stereocenters. The Morgan fingerprint density at radius 2 is 1.50 bits per heavy atom. The molecule has 0 aliphatic heterocycles. The lowest BCUT2D eigenvalue weighted by Crippen LogP contribution is -2.47. The van der Waals surface area contributed by atoms with Gasteiger partial charge in [0.15, 0.2) is 0 Å². The molecular formula is C19H28FN3O5. The Hall–Kier alpha value is -2.84. The first-order valence-corrected chi connectivity index (χ1v) is 8.66. The fourth-order valence-corrected chi connectivity index (χ4v) is 1.95. The van der Waals surface area contributed by atoms with E-state index in [0.29, 0.717) is 0 Å². The average molecular weight is 397 g/mol. The van der Waals surface area contributed by atoms with Crippen molar-refractivity contribution in [2.24, 2.45) is 4.99 Å². The number of nitrogens with one attached hydrogen (secondary N) is 2. The summed E-state index contributed by atoms with van der Waals surface area (Å²) in [6.45, 7) is 9.94. The largest absolute Gasteiger partial charge is 0.496 e. The maximum atomic E-state index is 14.1. The van der Waals surface area contributed by atoms with Crippen LogP contribution in [-0.2, 0) is 16.0 Å². The maximum Gasteiger partial charge on any atom is 0.414 e. The highest BCUT2D eigenvalue weighted by Gasteiger charge is 2.21. The fraction of sp³-hybridized carbons (Fsp3) is 0.526. The number of aliphatic imine (C=N–C) groups is 1. The molecule has 9 heteroatoms. The maximum absolute atomic E-state index is 14.1. The molecule has 0 spiro atoms. The third kappa shape index (κ3) is 8.70. The van der Waals surface area contributed by atoms with Crippen molar-refractivity contribution in [1.29, 1.82) is 0 Å². The summed E-state index contributed by atoms with van der Waals surface area (Å²) in [6, 6.07) is 4.34. The van der Waals surface area contributed by atoms with Crippen LogP contribution in [0.15, 0.2) is 23.2 Å². The molecule has 2 N–H and O–H groups in total. The highest BCUT2D eigenvalue weighted by molar-refractivity contribution is 6.01. The van der Waals surface area contributed by atoms with Crippen molar-refractivity contribution < 1.29 is 28.2 Å². The van der Waals surface area contributed by atoms with Gasteiger partial charge in [-0.1, -0.05) is 6.07 Å². The van der Waals surface area contributed by atoms with E-state index < -0.39 is 29.2 Å². The Bertz CT molecular complexity index is 704. The summed E-state index contributed by atoms with van der Waals surface area (Å²) in [7, 11) is 1.40. The summed E-state index contributed by atoms with van der Waals surface area (Å²) in [4.78, 5) is 28.1. The predicted molar refractivity (Wildman–Crippen MR) is 103 cm³/mol. The number of methoxy groups -OCH3 is 1. The van der Waals surface area contributed by atoms with Gasteiger partial charge >= 0.3 is 12.2 Å². The molecule has 1 aromatic rings. The Balaban J connectivity index is 3.04. The number of carbonyl (C=O) groups is 2. The van der Waals surface area contributed by atoms with Gasteiger partial charge in [0.2, 0.25) is 5.96 Å². The molecule has 156 valence electrons. The molecule has 0 heterocycles. The fourth-order valence-electron chi connectivity index (χ4n) is 1.95. The van der Waals surface area contributed by atoms with Crippen molar-refractivity contribution in [3.8, 4) is 5.75 Å². The molecular weight excluding hydrogens is 369 g/mol. The van der Waals surface area contributed by atoms with Crippen LogP contribution >= 0.6 is 0 Å². The zero-order chi connectivity index (χ0) is 21.5. The molecule has 0 radical (unpaired) electrons. The van der Waals surface area contributed by atoms with Gasteiger partial charge in [-0.05, 0) is 53.7 Å². The minimum Gasteiger partial charge on any atom is -0.496 e. The van der Waals surface area contributed by atoms with Crippen molar-refractivity contribution in [1.82, 2.24) is 10.6 Å². The number of hydrogen-bond donors (Lipinski definition) is 2. The van der Waals surface area contributed by atoms with Gasteiger partial charge in [-0.15, -0.1) is 0 Å². The molecule has 0 aliphatic rings. The average Bonchev–Trinajstić information content (AvgIpc) is 2.49. The third-order valence-corrected chi connectivity index (χ3v) is 2.93. The van der Waals surface area contributed by atoms with Crippen LogP contribution in [0.5, 0.6) is 5.75 Å². The summed E-state index contributed by atoms with van der Waals surface area (Å²) in [5, 5.41) is 4.66. The van der Waals surface area contributed by atoms with Crippen LogP contribution in [0.2, 0.25) is 0 Å². The van der Waals surface area contributed by atoms with E-state index in [-0.39, 0.29) is 23.8 Å². The first kappa shape index (κ1) is 23.2. The van der Waals surface area contributed by atoms with Gasteiger partial charge in [0.25, 0.3) is 0 Å². The van der Waals surface area contributed by atoms with Crippen molar-refractivity contribution in [2.45, 2.75) is 59.3 Å². The number of hydrogen-bond acceptors (Lipinski definition) is 6. The van der Waals surface area contributed by atoms with Crippen LogP contribution in [0.25, 0.3) is 0 Å². The topological polar surface area (TPSA) is 98.3 Å². The standard InChI is InChI=1S/C19H28FN3O5/c1-18(2,3)27-16(24)22-15(23-17(25)28-19(4,5)6)21-11-12-13(20)9-8-10-14(12)26-7/h8-10H,11H2,1-7H3,(H2,21,22,23,24,25). The summed E-state index contributed by atoms with van der Waals surface area (Å²) < 4.78 is 29.5. The normalized spacial score (nSPS) is 11.3. The van der Waals surface area contributed by atoms with Gasteiger partial charge in [0.05, 0.1) is 19.2 Å². The van der Waals surface area contributed by atoms with Gasteiger partial charge < -0.3 is 14.2 Å². The Kier molecular flexibility index (Phi) is 7.78. The second-order valence-corrected chi connectivity index (χ2v) is 7.84. The van der Waals surface area contributed by atoms with Crippen molar-refractivity contribution >= 4 is 18.1 Å². The van der Waals surface area contributed by atoms with E-state index in [0.717, 1.165) is 0 Å². The Morgan fingerprint density at radius 1 is 1.00 bits per heavy atom. The predicted octanol–water partition coefficient (Wildman–Crippen LogP) is 3.74. The highest BCUT2D eigenvalue weighted by atomic mass is 19.1.